The maximum absolute atomic E-state index is 11.9. The average molecular weight is 311 g/mol. The lowest BCUT2D eigenvalue weighted by Crippen LogP contribution is -2.11. The van der Waals surface area contributed by atoms with Crippen LogP contribution in [0.1, 0.15) is 32.1 Å². The minimum Gasteiger partial charge on any atom is -0.356 e. The van der Waals surface area contributed by atoms with Gasteiger partial charge in [-0.25, -0.2) is 0 Å². The fourth-order valence-electron chi connectivity index (χ4n) is 2.33. The molecule has 0 aliphatic rings. The van der Waals surface area contributed by atoms with Gasteiger partial charge in [0.2, 0.25) is 5.91 Å². The molecule has 0 spiro atoms. The number of nitrogens with two attached hydrogens (primary N) is 1. The monoisotopic (exact) mass is 311 g/mol. The molecule has 0 radical (unpaired) electrons. The van der Waals surface area contributed by atoms with Crippen molar-refractivity contribution in [2.24, 2.45) is 5.73 Å². The predicted molar refractivity (Wildman–Crippen MR) is 96.9 cm³/mol. The summed E-state index contributed by atoms with van der Waals surface area (Å²) in [6.07, 6.45) is 4.68. The summed E-state index contributed by atoms with van der Waals surface area (Å²) in [4.78, 5) is 11.9. The van der Waals surface area contributed by atoms with Gasteiger partial charge in [0.15, 0.2) is 0 Å². The van der Waals surface area contributed by atoms with Crippen LogP contribution in [0.3, 0.4) is 0 Å². The number of para-hydroxylation sites is 1. The normalized spacial score (nSPS) is 10.3. The van der Waals surface area contributed by atoms with Crippen molar-refractivity contribution in [1.82, 2.24) is 0 Å². The molecule has 23 heavy (non-hydrogen) atoms. The summed E-state index contributed by atoms with van der Waals surface area (Å²) in [5.41, 5.74) is 8.32. The second-order valence-electron chi connectivity index (χ2n) is 5.57. The Morgan fingerprint density at radius 3 is 2.09 bits per heavy atom. The maximum Gasteiger partial charge on any atom is 0.224 e. The zero-order valence-electron chi connectivity index (χ0n) is 13.4. The number of anilines is 3. The molecule has 4 heteroatoms. The predicted octanol–water partition coefficient (Wildman–Crippen LogP) is 4.28. The molecular formula is C19H25N3O. The van der Waals surface area contributed by atoms with Gasteiger partial charge in [-0.05, 0) is 55.8 Å². The van der Waals surface area contributed by atoms with Crippen molar-refractivity contribution in [3.8, 4) is 0 Å². The Morgan fingerprint density at radius 1 is 0.783 bits per heavy atom. The SMILES string of the molecule is NCCCCCCC(=O)Nc1ccc(Nc2ccccc2)cc1. The Morgan fingerprint density at radius 2 is 1.39 bits per heavy atom. The number of nitrogens with one attached hydrogen (secondary N) is 2. The van der Waals surface area contributed by atoms with E-state index in [4.69, 9.17) is 5.73 Å². The Bertz CT molecular complexity index is 581. The zero-order valence-corrected chi connectivity index (χ0v) is 13.4. The van der Waals surface area contributed by atoms with E-state index in [0.717, 1.165) is 49.3 Å². The van der Waals surface area contributed by atoms with E-state index in [2.05, 4.69) is 10.6 Å². The molecule has 122 valence electrons. The molecule has 0 saturated heterocycles. The zero-order chi connectivity index (χ0) is 16.3. The van der Waals surface area contributed by atoms with E-state index in [1.807, 2.05) is 54.6 Å². The second kappa shape index (κ2) is 9.64. The number of benzene rings is 2. The van der Waals surface area contributed by atoms with Gasteiger partial charge >= 0.3 is 0 Å². The van der Waals surface area contributed by atoms with Crippen molar-refractivity contribution in [3.63, 3.8) is 0 Å². The quantitative estimate of drug-likeness (QED) is 0.606. The van der Waals surface area contributed by atoms with Crippen molar-refractivity contribution in [1.29, 1.82) is 0 Å². The van der Waals surface area contributed by atoms with Gasteiger partial charge in [0.1, 0.15) is 0 Å². The number of hydrogen-bond donors (Lipinski definition) is 3. The van der Waals surface area contributed by atoms with E-state index in [1.165, 1.54) is 0 Å². The topological polar surface area (TPSA) is 67.2 Å². The fraction of sp³-hybridized carbons (Fsp3) is 0.316. The number of rotatable bonds is 9. The number of amides is 1. The lowest BCUT2D eigenvalue weighted by Gasteiger charge is -2.08. The van der Waals surface area contributed by atoms with Gasteiger partial charge < -0.3 is 16.4 Å². The summed E-state index contributed by atoms with van der Waals surface area (Å²) in [5.74, 6) is 0.0708. The van der Waals surface area contributed by atoms with Crippen LogP contribution in [0.4, 0.5) is 17.1 Å². The van der Waals surface area contributed by atoms with Crippen LogP contribution in [0, 0.1) is 0 Å². The minimum absolute atomic E-state index is 0.0708. The van der Waals surface area contributed by atoms with Crippen molar-refractivity contribution in [3.05, 3.63) is 54.6 Å². The first-order valence-corrected chi connectivity index (χ1v) is 8.20. The van der Waals surface area contributed by atoms with Gasteiger partial charge in [-0.15, -0.1) is 0 Å². The van der Waals surface area contributed by atoms with Crippen LogP contribution in [0.2, 0.25) is 0 Å². The molecule has 0 atom stereocenters. The van der Waals surface area contributed by atoms with Crippen LogP contribution in [0.15, 0.2) is 54.6 Å². The van der Waals surface area contributed by atoms with E-state index in [0.29, 0.717) is 6.42 Å². The lowest BCUT2D eigenvalue weighted by molar-refractivity contribution is -0.116. The van der Waals surface area contributed by atoms with E-state index in [9.17, 15) is 4.79 Å². The van der Waals surface area contributed by atoms with Gasteiger partial charge in [-0.1, -0.05) is 31.0 Å². The summed E-state index contributed by atoms with van der Waals surface area (Å²) in [5, 5.41) is 6.25. The molecule has 0 fully saturated rings. The van der Waals surface area contributed by atoms with Crippen LogP contribution < -0.4 is 16.4 Å². The molecule has 0 bridgehead atoms. The van der Waals surface area contributed by atoms with E-state index in [1.54, 1.807) is 0 Å². The third-order valence-electron chi connectivity index (χ3n) is 3.59. The van der Waals surface area contributed by atoms with Crippen molar-refractivity contribution in [2.75, 3.05) is 17.2 Å². The smallest absolute Gasteiger partial charge is 0.224 e. The Balaban J connectivity index is 1.75. The molecule has 0 aliphatic carbocycles. The van der Waals surface area contributed by atoms with Gasteiger partial charge in [-0.3, -0.25) is 4.79 Å². The third kappa shape index (κ3) is 6.53. The number of hydrogen-bond acceptors (Lipinski definition) is 3. The van der Waals surface area contributed by atoms with E-state index in [-0.39, 0.29) is 5.91 Å². The molecule has 0 aliphatic heterocycles. The summed E-state index contributed by atoms with van der Waals surface area (Å²) < 4.78 is 0. The molecule has 2 aromatic rings. The first-order chi connectivity index (χ1) is 11.3. The van der Waals surface area contributed by atoms with Crippen molar-refractivity contribution < 1.29 is 4.79 Å². The highest BCUT2D eigenvalue weighted by Gasteiger charge is 2.02. The Kier molecular flexibility index (Phi) is 7.14. The summed E-state index contributed by atoms with van der Waals surface area (Å²) in [6.45, 7) is 0.732. The maximum atomic E-state index is 11.9. The van der Waals surface area contributed by atoms with Gasteiger partial charge in [-0.2, -0.15) is 0 Å². The first kappa shape index (κ1) is 17.0. The molecule has 4 N–H and O–H groups in total. The van der Waals surface area contributed by atoms with Crippen LogP contribution in [-0.4, -0.2) is 12.5 Å². The Labute approximate surface area is 138 Å². The number of carbonyl (C=O) groups is 1. The fourth-order valence-corrected chi connectivity index (χ4v) is 2.33. The molecule has 2 rings (SSSR count). The molecule has 1 amide bonds. The third-order valence-corrected chi connectivity index (χ3v) is 3.59. The first-order valence-electron chi connectivity index (χ1n) is 8.20. The van der Waals surface area contributed by atoms with E-state index >= 15 is 0 Å². The average Bonchev–Trinajstić information content (AvgIpc) is 2.57. The van der Waals surface area contributed by atoms with Gasteiger partial charge in [0, 0.05) is 23.5 Å². The number of carbonyl (C=O) groups excluding carboxylic acids is 1. The highest BCUT2D eigenvalue weighted by Crippen LogP contribution is 2.18. The molecule has 0 heterocycles. The summed E-state index contributed by atoms with van der Waals surface area (Å²) >= 11 is 0. The Hall–Kier alpha value is -2.33. The minimum atomic E-state index is 0.0708. The highest BCUT2D eigenvalue weighted by molar-refractivity contribution is 5.90. The highest BCUT2D eigenvalue weighted by atomic mass is 16.1. The second-order valence-corrected chi connectivity index (χ2v) is 5.57. The molecule has 2 aromatic carbocycles. The van der Waals surface area contributed by atoms with Gasteiger partial charge in [0.25, 0.3) is 0 Å². The van der Waals surface area contributed by atoms with Crippen molar-refractivity contribution >= 4 is 23.0 Å². The molecule has 0 saturated carbocycles. The standard InChI is InChI=1S/C19H25N3O/c20-15-7-2-1-6-10-19(23)22-18-13-11-17(12-14-18)21-16-8-4-3-5-9-16/h3-5,8-9,11-14,21H,1-2,6-7,10,15,20H2,(H,22,23). The largest absolute Gasteiger partial charge is 0.356 e. The van der Waals surface area contributed by atoms with Crippen LogP contribution >= 0.6 is 0 Å². The van der Waals surface area contributed by atoms with Crippen LogP contribution in [0.25, 0.3) is 0 Å². The number of unbranched alkanes of at least 4 members (excludes halogenated alkanes) is 3. The lowest BCUT2D eigenvalue weighted by atomic mass is 10.1. The van der Waals surface area contributed by atoms with E-state index < -0.39 is 0 Å². The summed E-state index contributed by atoms with van der Waals surface area (Å²) in [6, 6.07) is 17.7. The molecular weight excluding hydrogens is 286 g/mol. The summed E-state index contributed by atoms with van der Waals surface area (Å²) in [7, 11) is 0. The van der Waals surface area contributed by atoms with Gasteiger partial charge in [0.05, 0.1) is 0 Å². The van der Waals surface area contributed by atoms with Crippen LogP contribution in [0.5, 0.6) is 0 Å². The molecule has 0 unspecified atom stereocenters. The van der Waals surface area contributed by atoms with Crippen molar-refractivity contribution in [2.45, 2.75) is 32.1 Å². The molecule has 0 aromatic heterocycles. The van der Waals surface area contributed by atoms with Crippen LogP contribution in [-0.2, 0) is 4.79 Å². The molecule has 4 nitrogen and oxygen atoms in total.